The number of carboxylic acid groups (broad SMARTS) is 1. The minimum Gasteiger partial charge on any atom is -0.496 e. The van der Waals surface area contributed by atoms with Crippen molar-refractivity contribution < 1.29 is 14.6 Å². The number of benzene rings is 1. The van der Waals surface area contributed by atoms with Crippen LogP contribution < -0.4 is 4.74 Å². The molecule has 1 aromatic rings. The molecule has 0 aliphatic carbocycles. The Morgan fingerprint density at radius 1 is 1.60 bits per heavy atom. The van der Waals surface area contributed by atoms with Crippen molar-refractivity contribution in [3.05, 3.63) is 29.8 Å². The van der Waals surface area contributed by atoms with Crippen LogP contribution >= 0.6 is 0 Å². The van der Waals surface area contributed by atoms with Gasteiger partial charge in [-0.15, -0.1) is 12.3 Å². The van der Waals surface area contributed by atoms with Crippen LogP contribution in [0.5, 0.6) is 5.75 Å². The van der Waals surface area contributed by atoms with Crippen molar-refractivity contribution in [1.29, 1.82) is 0 Å². The third-order valence-electron chi connectivity index (χ3n) is 2.13. The first-order valence-electron chi connectivity index (χ1n) is 4.50. The van der Waals surface area contributed by atoms with Crippen molar-refractivity contribution >= 4 is 5.97 Å². The molecule has 1 rings (SSSR count). The summed E-state index contributed by atoms with van der Waals surface area (Å²) in [4.78, 5) is 11.0. The Labute approximate surface area is 88.7 Å². The number of para-hydroxylation sites is 1. The number of rotatable bonds is 4. The van der Waals surface area contributed by atoms with E-state index in [0.29, 0.717) is 11.3 Å². The highest BCUT2D eigenvalue weighted by Gasteiger charge is 2.21. The van der Waals surface area contributed by atoms with Gasteiger partial charge in [-0.2, -0.15) is 0 Å². The number of carboxylic acids is 1. The molecule has 0 fully saturated rings. The summed E-state index contributed by atoms with van der Waals surface area (Å²) in [5, 5.41) is 9.03. The topological polar surface area (TPSA) is 46.5 Å². The van der Waals surface area contributed by atoms with Gasteiger partial charge in [0.25, 0.3) is 0 Å². The number of aliphatic carboxylic acids is 1. The molecule has 78 valence electrons. The van der Waals surface area contributed by atoms with Gasteiger partial charge in [-0.1, -0.05) is 18.2 Å². The van der Waals surface area contributed by atoms with Crippen molar-refractivity contribution in [2.24, 2.45) is 0 Å². The lowest BCUT2D eigenvalue weighted by Crippen LogP contribution is -2.12. The molecular weight excluding hydrogens is 192 g/mol. The molecule has 3 heteroatoms. The Balaban J connectivity index is 3.11. The van der Waals surface area contributed by atoms with Crippen LogP contribution in [0.25, 0.3) is 0 Å². The van der Waals surface area contributed by atoms with E-state index < -0.39 is 11.9 Å². The summed E-state index contributed by atoms with van der Waals surface area (Å²) in [5.74, 6) is 1.28. The quantitative estimate of drug-likeness (QED) is 0.762. The lowest BCUT2D eigenvalue weighted by Gasteiger charge is -2.13. The maximum absolute atomic E-state index is 11.0. The van der Waals surface area contributed by atoms with Gasteiger partial charge in [0.15, 0.2) is 0 Å². The van der Waals surface area contributed by atoms with Crippen molar-refractivity contribution in [2.45, 2.75) is 12.3 Å². The highest BCUT2D eigenvalue weighted by Crippen LogP contribution is 2.28. The first-order chi connectivity index (χ1) is 7.20. The van der Waals surface area contributed by atoms with Crippen LogP contribution in [0.4, 0.5) is 0 Å². The van der Waals surface area contributed by atoms with Gasteiger partial charge < -0.3 is 9.84 Å². The number of ether oxygens (including phenoxy) is 1. The summed E-state index contributed by atoms with van der Waals surface area (Å²) in [6.45, 7) is 0. The monoisotopic (exact) mass is 204 g/mol. The van der Waals surface area contributed by atoms with Crippen LogP contribution in [0.2, 0.25) is 0 Å². The molecular formula is C12H12O3. The highest BCUT2D eigenvalue weighted by molar-refractivity contribution is 5.77. The van der Waals surface area contributed by atoms with Gasteiger partial charge in [0.05, 0.1) is 13.0 Å². The van der Waals surface area contributed by atoms with Gasteiger partial charge in [0, 0.05) is 12.0 Å². The Hall–Kier alpha value is -1.95. The standard InChI is InChI=1S/C12H12O3/c1-3-6-10(12(13)14)9-7-4-5-8-11(9)15-2/h1,4-5,7-8,10H,6H2,2H3,(H,13,14). The Kier molecular flexibility index (Phi) is 3.75. The molecule has 0 spiro atoms. The number of hydrogen-bond acceptors (Lipinski definition) is 2. The smallest absolute Gasteiger partial charge is 0.312 e. The van der Waals surface area contributed by atoms with Crippen LogP contribution in [-0.4, -0.2) is 18.2 Å². The van der Waals surface area contributed by atoms with Crippen LogP contribution in [0.1, 0.15) is 17.9 Å². The van der Waals surface area contributed by atoms with Crippen LogP contribution in [-0.2, 0) is 4.79 Å². The van der Waals surface area contributed by atoms with Gasteiger partial charge in [-0.25, -0.2) is 0 Å². The van der Waals surface area contributed by atoms with E-state index in [4.69, 9.17) is 16.3 Å². The summed E-state index contributed by atoms with van der Waals surface area (Å²) >= 11 is 0. The molecule has 0 saturated carbocycles. The van der Waals surface area contributed by atoms with Gasteiger partial charge in [-0.3, -0.25) is 4.79 Å². The SMILES string of the molecule is C#CCC(C(=O)O)c1ccccc1OC. The fourth-order valence-electron chi connectivity index (χ4n) is 1.40. The highest BCUT2D eigenvalue weighted by atomic mass is 16.5. The van der Waals surface area contributed by atoms with Crippen LogP contribution in [0, 0.1) is 12.3 Å². The lowest BCUT2D eigenvalue weighted by molar-refractivity contribution is -0.138. The average Bonchev–Trinajstić information content (AvgIpc) is 2.25. The Morgan fingerprint density at radius 3 is 2.80 bits per heavy atom. The van der Waals surface area contributed by atoms with E-state index in [-0.39, 0.29) is 6.42 Å². The molecule has 0 saturated heterocycles. The molecule has 0 aliphatic rings. The zero-order valence-electron chi connectivity index (χ0n) is 8.43. The Bertz CT molecular complexity index is 390. The van der Waals surface area contributed by atoms with E-state index in [1.165, 1.54) is 7.11 Å². The Morgan fingerprint density at radius 2 is 2.27 bits per heavy atom. The van der Waals surface area contributed by atoms with Crippen molar-refractivity contribution in [2.75, 3.05) is 7.11 Å². The minimum absolute atomic E-state index is 0.162. The number of hydrogen-bond donors (Lipinski definition) is 1. The molecule has 1 atom stereocenters. The first kappa shape index (κ1) is 11.1. The molecule has 15 heavy (non-hydrogen) atoms. The normalized spacial score (nSPS) is 11.5. The number of terminal acetylenes is 1. The molecule has 1 N–H and O–H groups in total. The average molecular weight is 204 g/mol. The largest absolute Gasteiger partial charge is 0.496 e. The molecule has 0 amide bonds. The number of carbonyl (C=O) groups is 1. The van der Waals surface area contributed by atoms with E-state index in [1.807, 2.05) is 0 Å². The van der Waals surface area contributed by atoms with Crippen molar-refractivity contribution in [1.82, 2.24) is 0 Å². The van der Waals surface area contributed by atoms with Crippen LogP contribution in [0.15, 0.2) is 24.3 Å². The van der Waals surface area contributed by atoms with Crippen molar-refractivity contribution in [3.63, 3.8) is 0 Å². The van der Waals surface area contributed by atoms with E-state index in [1.54, 1.807) is 24.3 Å². The maximum Gasteiger partial charge on any atom is 0.312 e. The van der Waals surface area contributed by atoms with Gasteiger partial charge in [0.2, 0.25) is 0 Å². The second-order valence-electron chi connectivity index (χ2n) is 3.04. The molecule has 0 aliphatic heterocycles. The molecule has 0 radical (unpaired) electrons. The maximum atomic E-state index is 11.0. The van der Waals surface area contributed by atoms with E-state index in [0.717, 1.165) is 0 Å². The zero-order chi connectivity index (χ0) is 11.3. The lowest BCUT2D eigenvalue weighted by atomic mass is 9.95. The van der Waals surface area contributed by atoms with E-state index in [2.05, 4.69) is 5.92 Å². The van der Waals surface area contributed by atoms with E-state index in [9.17, 15) is 4.79 Å². The van der Waals surface area contributed by atoms with Gasteiger partial charge >= 0.3 is 5.97 Å². The fraction of sp³-hybridized carbons (Fsp3) is 0.250. The molecule has 3 nitrogen and oxygen atoms in total. The fourth-order valence-corrected chi connectivity index (χ4v) is 1.40. The third-order valence-corrected chi connectivity index (χ3v) is 2.13. The predicted octanol–water partition coefficient (Wildman–Crippen LogP) is 1.89. The van der Waals surface area contributed by atoms with Gasteiger partial charge in [-0.05, 0) is 6.07 Å². The summed E-state index contributed by atoms with van der Waals surface area (Å²) in [6.07, 6.45) is 5.30. The summed E-state index contributed by atoms with van der Waals surface area (Å²) < 4.78 is 5.09. The summed E-state index contributed by atoms with van der Waals surface area (Å²) in [7, 11) is 1.51. The molecule has 0 aromatic heterocycles. The summed E-state index contributed by atoms with van der Waals surface area (Å²) in [6, 6.07) is 7.00. The second-order valence-corrected chi connectivity index (χ2v) is 3.04. The molecule has 1 aromatic carbocycles. The molecule has 0 bridgehead atoms. The van der Waals surface area contributed by atoms with E-state index >= 15 is 0 Å². The predicted molar refractivity (Wildman–Crippen MR) is 56.8 cm³/mol. The van der Waals surface area contributed by atoms with Crippen molar-refractivity contribution in [3.8, 4) is 18.1 Å². The first-order valence-corrected chi connectivity index (χ1v) is 4.50. The molecule has 1 unspecified atom stereocenters. The van der Waals surface area contributed by atoms with Gasteiger partial charge in [0.1, 0.15) is 5.75 Å². The number of methoxy groups -OCH3 is 1. The summed E-state index contributed by atoms with van der Waals surface area (Å²) in [5.41, 5.74) is 0.616. The second kappa shape index (κ2) is 5.06. The zero-order valence-corrected chi connectivity index (χ0v) is 8.43. The third kappa shape index (κ3) is 2.50. The molecule has 0 heterocycles. The minimum atomic E-state index is -0.933. The van der Waals surface area contributed by atoms with Crippen LogP contribution in [0.3, 0.4) is 0 Å².